The zero-order valence-electron chi connectivity index (χ0n) is 6.71. The molecule has 0 amide bonds. The van der Waals surface area contributed by atoms with Gasteiger partial charge >= 0.3 is 0 Å². The van der Waals surface area contributed by atoms with Crippen LogP contribution in [-0.4, -0.2) is 8.42 Å². The van der Waals surface area contributed by atoms with E-state index in [0.29, 0.717) is 0 Å². The van der Waals surface area contributed by atoms with Gasteiger partial charge in [0.1, 0.15) is 5.82 Å². The molecule has 0 aliphatic heterocycles. The van der Waals surface area contributed by atoms with Gasteiger partial charge in [0.15, 0.2) is 0 Å². The minimum absolute atomic E-state index is 0.150. The normalized spacial score (nSPS) is 11.7. The van der Waals surface area contributed by atoms with Gasteiger partial charge < -0.3 is 0 Å². The van der Waals surface area contributed by atoms with Crippen LogP contribution < -0.4 is 5.14 Å². The predicted octanol–water partition coefficient (Wildman–Crippen LogP) is 1.43. The summed E-state index contributed by atoms with van der Waals surface area (Å²) in [5, 5.41) is 4.59. The van der Waals surface area contributed by atoms with E-state index in [4.69, 9.17) is 16.7 Å². The lowest BCUT2D eigenvalue weighted by molar-refractivity contribution is 0.595. The SMILES string of the molecule is Cc1cc(S(N)(=O)=O)cc(Cl)c1F. The molecule has 0 fully saturated rings. The summed E-state index contributed by atoms with van der Waals surface area (Å²) in [5.74, 6) is -0.630. The number of hydrogen-bond donors (Lipinski definition) is 1. The monoisotopic (exact) mass is 223 g/mol. The van der Waals surface area contributed by atoms with Gasteiger partial charge in [-0.1, -0.05) is 11.6 Å². The Kier molecular flexibility index (Phi) is 2.61. The number of sulfonamides is 1. The standard InChI is InChI=1S/C7H7ClFNO2S/c1-4-2-5(13(10,11)12)3-6(8)7(4)9/h2-3H,1H3,(H2,10,11,12). The van der Waals surface area contributed by atoms with Gasteiger partial charge in [0.25, 0.3) is 0 Å². The number of rotatable bonds is 1. The molecule has 0 radical (unpaired) electrons. The van der Waals surface area contributed by atoms with Crippen LogP contribution in [0.15, 0.2) is 17.0 Å². The van der Waals surface area contributed by atoms with Gasteiger partial charge in [-0.15, -0.1) is 0 Å². The third kappa shape index (κ3) is 2.18. The van der Waals surface area contributed by atoms with Crippen LogP contribution in [0.4, 0.5) is 4.39 Å². The van der Waals surface area contributed by atoms with Crippen LogP contribution in [-0.2, 0) is 10.0 Å². The Morgan fingerprint density at radius 1 is 1.46 bits per heavy atom. The maximum absolute atomic E-state index is 12.9. The summed E-state index contributed by atoms with van der Waals surface area (Å²) in [7, 11) is -3.82. The smallest absolute Gasteiger partial charge is 0.225 e. The first kappa shape index (κ1) is 10.4. The highest BCUT2D eigenvalue weighted by Crippen LogP contribution is 2.22. The van der Waals surface area contributed by atoms with Crippen LogP contribution in [0.2, 0.25) is 5.02 Å². The molecular weight excluding hydrogens is 217 g/mol. The summed E-state index contributed by atoms with van der Waals surface area (Å²) in [6, 6.07) is 2.12. The van der Waals surface area contributed by atoms with Crippen molar-refractivity contribution in [2.75, 3.05) is 0 Å². The van der Waals surface area contributed by atoms with Crippen LogP contribution in [0, 0.1) is 12.7 Å². The zero-order valence-corrected chi connectivity index (χ0v) is 8.29. The number of nitrogens with two attached hydrogens (primary N) is 1. The Hall–Kier alpha value is -0.650. The minimum atomic E-state index is -3.82. The molecule has 0 aliphatic rings. The Bertz CT molecular complexity index is 421. The van der Waals surface area contributed by atoms with Crippen molar-refractivity contribution in [3.8, 4) is 0 Å². The molecule has 72 valence electrons. The van der Waals surface area contributed by atoms with Crippen molar-refractivity contribution < 1.29 is 12.8 Å². The maximum atomic E-state index is 12.9. The molecule has 6 heteroatoms. The summed E-state index contributed by atoms with van der Waals surface area (Å²) in [6.07, 6.45) is 0. The summed E-state index contributed by atoms with van der Waals surface area (Å²) in [4.78, 5) is -0.184. The molecule has 1 aromatic rings. The van der Waals surface area contributed by atoms with E-state index in [2.05, 4.69) is 0 Å². The van der Waals surface area contributed by atoms with Gasteiger partial charge in [0.2, 0.25) is 10.0 Å². The van der Waals surface area contributed by atoms with E-state index in [-0.39, 0.29) is 15.5 Å². The van der Waals surface area contributed by atoms with Crippen molar-refractivity contribution in [2.24, 2.45) is 5.14 Å². The highest BCUT2D eigenvalue weighted by Gasteiger charge is 2.12. The van der Waals surface area contributed by atoms with Gasteiger partial charge in [0, 0.05) is 0 Å². The average molecular weight is 224 g/mol. The number of aryl methyl sites for hydroxylation is 1. The van der Waals surface area contributed by atoms with Crippen molar-refractivity contribution in [3.63, 3.8) is 0 Å². The topological polar surface area (TPSA) is 60.2 Å². The van der Waals surface area contributed by atoms with Crippen LogP contribution >= 0.6 is 11.6 Å². The van der Waals surface area contributed by atoms with Gasteiger partial charge in [0.05, 0.1) is 9.92 Å². The van der Waals surface area contributed by atoms with Crippen LogP contribution in [0.25, 0.3) is 0 Å². The molecule has 2 N–H and O–H groups in total. The molecule has 0 spiro atoms. The predicted molar refractivity (Wildman–Crippen MR) is 47.5 cm³/mol. The van der Waals surface area contributed by atoms with Gasteiger partial charge in [-0.2, -0.15) is 0 Å². The molecule has 0 saturated heterocycles. The van der Waals surface area contributed by atoms with E-state index < -0.39 is 15.8 Å². The highest BCUT2D eigenvalue weighted by molar-refractivity contribution is 7.89. The van der Waals surface area contributed by atoms with Gasteiger partial charge in [-0.05, 0) is 24.6 Å². The average Bonchev–Trinajstić information content (AvgIpc) is 1.97. The van der Waals surface area contributed by atoms with E-state index in [9.17, 15) is 12.8 Å². The molecule has 0 saturated carbocycles. The first-order valence-electron chi connectivity index (χ1n) is 3.31. The van der Waals surface area contributed by atoms with E-state index in [0.717, 1.165) is 12.1 Å². The molecule has 0 unspecified atom stereocenters. The highest BCUT2D eigenvalue weighted by atomic mass is 35.5. The van der Waals surface area contributed by atoms with Crippen molar-refractivity contribution in [3.05, 3.63) is 28.5 Å². The fourth-order valence-electron chi connectivity index (χ4n) is 0.859. The second-order valence-corrected chi connectivity index (χ2v) is 4.55. The maximum Gasteiger partial charge on any atom is 0.238 e. The van der Waals surface area contributed by atoms with Crippen LogP contribution in [0.3, 0.4) is 0 Å². The Morgan fingerprint density at radius 2 is 2.00 bits per heavy atom. The summed E-state index contributed by atoms with van der Waals surface area (Å²) >= 11 is 5.43. The first-order valence-corrected chi connectivity index (χ1v) is 5.23. The third-order valence-electron chi connectivity index (χ3n) is 1.51. The third-order valence-corrected chi connectivity index (χ3v) is 2.68. The molecule has 0 heterocycles. The Labute approximate surface area is 80.4 Å². The Morgan fingerprint density at radius 3 is 2.38 bits per heavy atom. The minimum Gasteiger partial charge on any atom is -0.225 e. The molecule has 3 nitrogen and oxygen atoms in total. The summed E-state index contributed by atoms with van der Waals surface area (Å²) in [6.45, 7) is 1.41. The van der Waals surface area contributed by atoms with Crippen molar-refractivity contribution in [1.29, 1.82) is 0 Å². The van der Waals surface area contributed by atoms with E-state index in [1.165, 1.54) is 6.92 Å². The lowest BCUT2D eigenvalue weighted by Gasteiger charge is -2.02. The first-order chi connectivity index (χ1) is 5.82. The lowest BCUT2D eigenvalue weighted by atomic mass is 10.2. The molecule has 0 bridgehead atoms. The van der Waals surface area contributed by atoms with Crippen molar-refractivity contribution in [2.45, 2.75) is 11.8 Å². The number of primary sulfonamides is 1. The summed E-state index contributed by atoms with van der Waals surface area (Å²) in [5.41, 5.74) is 0.150. The van der Waals surface area contributed by atoms with Crippen molar-refractivity contribution >= 4 is 21.6 Å². The quantitative estimate of drug-likeness (QED) is 0.783. The van der Waals surface area contributed by atoms with E-state index in [1.54, 1.807) is 0 Å². The second kappa shape index (κ2) is 3.25. The number of benzene rings is 1. The molecular formula is C7H7ClFNO2S. The van der Waals surface area contributed by atoms with Crippen molar-refractivity contribution in [1.82, 2.24) is 0 Å². The molecule has 0 aliphatic carbocycles. The van der Waals surface area contributed by atoms with E-state index in [1.807, 2.05) is 0 Å². The second-order valence-electron chi connectivity index (χ2n) is 2.58. The largest absolute Gasteiger partial charge is 0.238 e. The van der Waals surface area contributed by atoms with Gasteiger partial charge in [-0.3, -0.25) is 0 Å². The molecule has 1 rings (SSSR count). The van der Waals surface area contributed by atoms with Crippen LogP contribution in [0.5, 0.6) is 0 Å². The lowest BCUT2D eigenvalue weighted by Crippen LogP contribution is -2.12. The molecule has 0 atom stereocenters. The number of hydrogen-bond acceptors (Lipinski definition) is 2. The molecule has 13 heavy (non-hydrogen) atoms. The fourth-order valence-corrected chi connectivity index (χ4v) is 1.81. The van der Waals surface area contributed by atoms with Crippen LogP contribution in [0.1, 0.15) is 5.56 Å². The fraction of sp³-hybridized carbons (Fsp3) is 0.143. The summed E-state index contributed by atoms with van der Waals surface area (Å²) < 4.78 is 34.6. The number of halogens is 2. The molecule has 0 aromatic heterocycles. The molecule has 1 aromatic carbocycles. The van der Waals surface area contributed by atoms with Gasteiger partial charge in [-0.25, -0.2) is 17.9 Å². The zero-order chi connectivity index (χ0) is 10.2. The Balaban J connectivity index is 3.47. The van der Waals surface area contributed by atoms with E-state index >= 15 is 0 Å².